The minimum absolute atomic E-state index is 0.0376. The van der Waals surface area contributed by atoms with Crippen LogP contribution in [0.2, 0.25) is 0 Å². The second kappa shape index (κ2) is 10.9. The van der Waals surface area contributed by atoms with Crippen molar-refractivity contribution in [3.8, 4) is 16.9 Å². The monoisotopic (exact) mass is 510 g/mol. The van der Waals surface area contributed by atoms with E-state index in [1.807, 2.05) is 79.7 Å². The van der Waals surface area contributed by atoms with Crippen LogP contribution in [0.5, 0.6) is 0 Å². The molecular formula is C26H22N8O2S. The molecule has 3 N–H and O–H groups in total. The van der Waals surface area contributed by atoms with Crippen LogP contribution in [-0.4, -0.2) is 36.9 Å². The molecule has 0 saturated carbocycles. The molecule has 0 aliphatic rings. The van der Waals surface area contributed by atoms with Crippen LogP contribution in [0.1, 0.15) is 28.7 Å². The van der Waals surface area contributed by atoms with Crippen molar-refractivity contribution in [2.45, 2.75) is 17.6 Å². The zero-order valence-electron chi connectivity index (χ0n) is 19.8. The summed E-state index contributed by atoms with van der Waals surface area (Å²) >= 11 is 1.51. The number of nitrogens with zero attached hydrogens (tertiary/aromatic N) is 6. The number of carbonyl (C=O) groups is 1. The van der Waals surface area contributed by atoms with Crippen molar-refractivity contribution in [2.75, 3.05) is 5.73 Å². The van der Waals surface area contributed by atoms with E-state index < -0.39 is 5.91 Å². The summed E-state index contributed by atoms with van der Waals surface area (Å²) in [4.78, 5) is 14.1. The molecule has 5 rings (SSSR count). The zero-order valence-corrected chi connectivity index (χ0v) is 20.6. The average Bonchev–Trinajstić information content (AvgIpc) is 3.57. The largest absolute Gasteiger partial charge is 0.378 e. The molecule has 3 aromatic carbocycles. The standard InChI is InChI=1S/C26H22N8O2S/c1-17(18-12-14-20(15-13-18)19-8-4-2-5-9-19)28-30-26(35)23-22(16-37-21-10-6-3-7-11-21)34(33-29-23)25-24(27)31-36-32-25/h2-15H,16H2,1H3,(H2,27,31)(H,30,35)/b28-17+. The van der Waals surface area contributed by atoms with Crippen molar-refractivity contribution in [3.63, 3.8) is 0 Å². The first-order chi connectivity index (χ1) is 18.1. The lowest BCUT2D eigenvalue weighted by Crippen LogP contribution is -2.21. The highest BCUT2D eigenvalue weighted by Gasteiger charge is 2.24. The third-order valence-corrected chi connectivity index (χ3v) is 6.55. The molecule has 10 nitrogen and oxygen atoms in total. The van der Waals surface area contributed by atoms with Gasteiger partial charge in [0, 0.05) is 10.6 Å². The third-order valence-electron chi connectivity index (χ3n) is 5.53. The number of rotatable bonds is 8. The normalized spacial score (nSPS) is 11.4. The molecule has 0 aliphatic carbocycles. The van der Waals surface area contributed by atoms with Crippen LogP contribution in [-0.2, 0) is 5.75 Å². The van der Waals surface area contributed by atoms with E-state index >= 15 is 0 Å². The van der Waals surface area contributed by atoms with Gasteiger partial charge in [-0.15, -0.1) is 16.9 Å². The summed E-state index contributed by atoms with van der Waals surface area (Å²) in [5.41, 5.74) is 12.8. The molecule has 0 bridgehead atoms. The van der Waals surface area contributed by atoms with E-state index in [4.69, 9.17) is 10.4 Å². The number of hydrogen-bond acceptors (Lipinski definition) is 9. The lowest BCUT2D eigenvalue weighted by Gasteiger charge is -2.07. The smallest absolute Gasteiger partial charge is 0.293 e. The second-order valence-electron chi connectivity index (χ2n) is 7.95. The number of aromatic nitrogens is 5. The molecule has 184 valence electrons. The van der Waals surface area contributed by atoms with Crippen LogP contribution in [0.25, 0.3) is 16.9 Å². The summed E-state index contributed by atoms with van der Waals surface area (Å²) in [5.74, 6) is 0.0598. The van der Waals surface area contributed by atoms with Crippen LogP contribution in [0.4, 0.5) is 5.82 Å². The number of hydrogen-bond donors (Lipinski definition) is 2. The molecule has 0 spiro atoms. The van der Waals surface area contributed by atoms with Crippen molar-refractivity contribution in [2.24, 2.45) is 5.10 Å². The van der Waals surface area contributed by atoms with Gasteiger partial charge in [-0.3, -0.25) is 4.79 Å². The lowest BCUT2D eigenvalue weighted by molar-refractivity contribution is 0.0949. The Morgan fingerprint density at radius 3 is 2.32 bits per heavy atom. The van der Waals surface area contributed by atoms with Gasteiger partial charge in [0.1, 0.15) is 0 Å². The summed E-state index contributed by atoms with van der Waals surface area (Å²) in [6.45, 7) is 1.82. The second-order valence-corrected chi connectivity index (χ2v) is 9.00. The van der Waals surface area contributed by atoms with Crippen molar-refractivity contribution < 1.29 is 9.42 Å². The van der Waals surface area contributed by atoms with Gasteiger partial charge in [0.25, 0.3) is 5.91 Å². The van der Waals surface area contributed by atoms with Gasteiger partial charge in [0.15, 0.2) is 5.69 Å². The highest BCUT2D eigenvalue weighted by Crippen LogP contribution is 2.26. The van der Waals surface area contributed by atoms with Gasteiger partial charge in [-0.1, -0.05) is 78.0 Å². The number of benzene rings is 3. The molecule has 11 heteroatoms. The van der Waals surface area contributed by atoms with E-state index in [9.17, 15) is 4.79 Å². The van der Waals surface area contributed by atoms with Crippen LogP contribution < -0.4 is 11.2 Å². The highest BCUT2D eigenvalue weighted by molar-refractivity contribution is 7.98. The molecule has 1 amide bonds. The number of anilines is 1. The van der Waals surface area contributed by atoms with E-state index in [0.717, 1.165) is 21.6 Å². The average molecular weight is 511 g/mol. The Kier molecular flexibility index (Phi) is 7.04. The van der Waals surface area contributed by atoms with Crippen molar-refractivity contribution in [1.82, 2.24) is 30.7 Å². The summed E-state index contributed by atoms with van der Waals surface area (Å²) in [6.07, 6.45) is 0. The molecular weight excluding hydrogens is 488 g/mol. The number of nitrogens with one attached hydrogen (secondary N) is 1. The van der Waals surface area contributed by atoms with Crippen LogP contribution >= 0.6 is 11.8 Å². The number of carbonyl (C=O) groups excluding carboxylic acids is 1. The van der Waals surface area contributed by atoms with E-state index in [1.54, 1.807) is 0 Å². The van der Waals surface area contributed by atoms with Gasteiger partial charge < -0.3 is 5.73 Å². The van der Waals surface area contributed by atoms with E-state index in [-0.39, 0.29) is 17.3 Å². The third kappa shape index (κ3) is 5.41. The van der Waals surface area contributed by atoms with Crippen molar-refractivity contribution >= 4 is 29.2 Å². The van der Waals surface area contributed by atoms with Gasteiger partial charge in [0.05, 0.1) is 11.4 Å². The van der Waals surface area contributed by atoms with Gasteiger partial charge in [-0.2, -0.15) is 9.78 Å². The quantitative estimate of drug-likeness (QED) is 0.179. The molecule has 0 aliphatic heterocycles. The molecule has 0 fully saturated rings. The molecule has 2 aromatic heterocycles. The van der Waals surface area contributed by atoms with Gasteiger partial charge in [-0.25, -0.2) is 10.1 Å². The molecule has 0 saturated heterocycles. The Morgan fingerprint density at radius 1 is 0.973 bits per heavy atom. The maximum Gasteiger partial charge on any atom is 0.293 e. The Morgan fingerprint density at radius 2 is 1.65 bits per heavy atom. The topological polar surface area (TPSA) is 137 Å². The number of nitrogens with two attached hydrogens (primary N) is 1. The van der Waals surface area contributed by atoms with Gasteiger partial charge >= 0.3 is 0 Å². The van der Waals surface area contributed by atoms with Crippen LogP contribution in [0.15, 0.2) is 99.6 Å². The molecule has 5 aromatic rings. The minimum atomic E-state index is -0.509. The molecule has 2 heterocycles. The lowest BCUT2D eigenvalue weighted by atomic mass is 10.0. The summed E-state index contributed by atoms with van der Waals surface area (Å²) in [7, 11) is 0. The zero-order chi connectivity index (χ0) is 25.6. The fourth-order valence-corrected chi connectivity index (χ4v) is 4.48. The number of thioether (sulfide) groups is 1. The number of amides is 1. The Bertz CT molecular complexity index is 1530. The minimum Gasteiger partial charge on any atom is -0.378 e. The highest BCUT2D eigenvalue weighted by atomic mass is 32.2. The van der Waals surface area contributed by atoms with E-state index in [0.29, 0.717) is 17.2 Å². The van der Waals surface area contributed by atoms with E-state index in [1.165, 1.54) is 16.4 Å². The van der Waals surface area contributed by atoms with Gasteiger partial charge in [0.2, 0.25) is 11.6 Å². The first-order valence-corrected chi connectivity index (χ1v) is 12.3. The maximum atomic E-state index is 13.1. The molecule has 0 unspecified atom stereocenters. The molecule has 0 radical (unpaired) electrons. The number of hydrazone groups is 1. The maximum absolute atomic E-state index is 13.1. The van der Waals surface area contributed by atoms with Gasteiger partial charge in [-0.05, 0) is 46.1 Å². The summed E-state index contributed by atoms with van der Waals surface area (Å²) in [5, 5.41) is 19.8. The first kappa shape index (κ1) is 23.9. The Hall–Kier alpha value is -4.77. The summed E-state index contributed by atoms with van der Waals surface area (Å²) < 4.78 is 6.07. The Balaban J connectivity index is 1.35. The van der Waals surface area contributed by atoms with Crippen LogP contribution in [0.3, 0.4) is 0 Å². The fourth-order valence-electron chi connectivity index (χ4n) is 3.57. The SMILES string of the molecule is C/C(=N\NC(=O)c1nnn(-c2nonc2N)c1CSc1ccccc1)c1ccc(-c2ccccc2)cc1. The fraction of sp³-hybridized carbons (Fsp3) is 0.0769. The number of nitrogen functional groups attached to an aromatic ring is 1. The predicted molar refractivity (Wildman–Crippen MR) is 141 cm³/mol. The molecule has 37 heavy (non-hydrogen) atoms. The predicted octanol–water partition coefficient (Wildman–Crippen LogP) is 4.35. The first-order valence-electron chi connectivity index (χ1n) is 11.3. The van der Waals surface area contributed by atoms with Crippen molar-refractivity contribution in [1.29, 1.82) is 0 Å². The Labute approximate surface area is 216 Å². The van der Waals surface area contributed by atoms with E-state index in [2.05, 4.69) is 43.3 Å². The van der Waals surface area contributed by atoms with Crippen LogP contribution in [0, 0.1) is 0 Å². The van der Waals surface area contributed by atoms with Crippen molar-refractivity contribution in [3.05, 3.63) is 102 Å². The summed E-state index contributed by atoms with van der Waals surface area (Å²) in [6, 6.07) is 27.8. The molecule has 0 atom stereocenters.